The van der Waals surface area contributed by atoms with Gasteiger partial charge in [-0.1, -0.05) is 12.2 Å². The van der Waals surface area contributed by atoms with Crippen LogP contribution < -0.4 is 0 Å². The first-order valence-electron chi connectivity index (χ1n) is 9.52. The number of fused-ring (bicyclic) bond motifs is 1. The highest BCUT2D eigenvalue weighted by Crippen LogP contribution is 2.30. The van der Waals surface area contributed by atoms with Crippen LogP contribution in [0.2, 0.25) is 0 Å². The van der Waals surface area contributed by atoms with Crippen LogP contribution in [0.4, 0.5) is 8.78 Å². The molecule has 4 rings (SSSR count). The highest BCUT2D eigenvalue weighted by atomic mass is 19.1. The Hall–Kier alpha value is -2.83. The summed E-state index contributed by atoms with van der Waals surface area (Å²) in [4.78, 5) is 12.7. The van der Waals surface area contributed by atoms with Crippen molar-refractivity contribution >= 4 is 12.1 Å². The second kappa shape index (κ2) is 7.66. The van der Waals surface area contributed by atoms with Crippen LogP contribution in [-0.2, 0) is 24.2 Å². The Balaban J connectivity index is 1.36. The van der Waals surface area contributed by atoms with E-state index in [1.807, 2.05) is 10.9 Å². The molecule has 146 valence electrons. The van der Waals surface area contributed by atoms with Crippen LogP contribution in [0.25, 0.3) is 0 Å². The molecule has 0 bridgehead atoms. The number of carbonyl (C=O) groups is 1. The number of hydrogen-bond acceptors (Lipinski definition) is 3. The summed E-state index contributed by atoms with van der Waals surface area (Å²) in [6.07, 6.45) is 8.00. The van der Waals surface area contributed by atoms with E-state index < -0.39 is 17.7 Å². The van der Waals surface area contributed by atoms with E-state index in [0.29, 0.717) is 24.9 Å². The van der Waals surface area contributed by atoms with Gasteiger partial charge in [-0.3, -0.25) is 9.48 Å². The van der Waals surface area contributed by atoms with E-state index in [-0.39, 0.29) is 12.3 Å². The van der Waals surface area contributed by atoms with Crippen molar-refractivity contribution in [1.82, 2.24) is 14.8 Å². The SMILES string of the molecule is C=C(CCC(=O)N1N=CCC1c1cc(F)cc(F)c1)Cn1ncc2c1CCC2. The lowest BCUT2D eigenvalue weighted by Gasteiger charge is -2.22. The van der Waals surface area contributed by atoms with E-state index in [4.69, 9.17) is 0 Å². The van der Waals surface area contributed by atoms with E-state index in [1.165, 1.54) is 28.4 Å². The maximum atomic E-state index is 13.5. The van der Waals surface area contributed by atoms with Crippen molar-refractivity contribution in [3.8, 4) is 0 Å². The number of halogens is 2. The van der Waals surface area contributed by atoms with Gasteiger partial charge in [0.15, 0.2) is 0 Å². The van der Waals surface area contributed by atoms with Gasteiger partial charge < -0.3 is 0 Å². The Labute approximate surface area is 162 Å². The summed E-state index contributed by atoms with van der Waals surface area (Å²) in [5, 5.41) is 9.86. The van der Waals surface area contributed by atoms with Gasteiger partial charge in [-0.25, -0.2) is 13.8 Å². The minimum Gasteiger partial charge on any atom is -0.273 e. The molecule has 1 aromatic carbocycles. The average Bonchev–Trinajstić information content (AvgIpc) is 3.37. The first-order valence-corrected chi connectivity index (χ1v) is 9.52. The second-order valence-electron chi connectivity index (χ2n) is 7.37. The topological polar surface area (TPSA) is 50.5 Å². The van der Waals surface area contributed by atoms with Crippen LogP contribution in [-0.4, -0.2) is 26.9 Å². The van der Waals surface area contributed by atoms with Crippen LogP contribution >= 0.6 is 0 Å². The summed E-state index contributed by atoms with van der Waals surface area (Å²) in [6.45, 7) is 4.69. The molecule has 1 aliphatic carbocycles. The Morgan fingerprint density at radius 2 is 1.96 bits per heavy atom. The summed E-state index contributed by atoms with van der Waals surface area (Å²) in [7, 11) is 0. The van der Waals surface area contributed by atoms with Gasteiger partial charge in [0, 0.05) is 30.8 Å². The van der Waals surface area contributed by atoms with Crippen molar-refractivity contribution in [2.75, 3.05) is 0 Å². The predicted octanol–water partition coefficient (Wildman–Crippen LogP) is 3.95. The number of hydrogen-bond donors (Lipinski definition) is 0. The normalized spacial score (nSPS) is 17.9. The Bertz CT molecular complexity index is 930. The van der Waals surface area contributed by atoms with E-state index in [0.717, 1.165) is 30.9 Å². The number of nitrogens with zero attached hydrogens (tertiary/aromatic N) is 4. The van der Waals surface area contributed by atoms with Crippen molar-refractivity contribution in [2.45, 2.75) is 51.1 Å². The van der Waals surface area contributed by atoms with E-state index in [2.05, 4.69) is 16.8 Å². The van der Waals surface area contributed by atoms with Gasteiger partial charge in [-0.15, -0.1) is 0 Å². The first-order chi connectivity index (χ1) is 13.5. The highest BCUT2D eigenvalue weighted by Gasteiger charge is 2.28. The molecule has 5 nitrogen and oxygen atoms in total. The van der Waals surface area contributed by atoms with Gasteiger partial charge in [0.1, 0.15) is 11.6 Å². The number of aromatic nitrogens is 2. The van der Waals surface area contributed by atoms with Gasteiger partial charge in [0.2, 0.25) is 5.91 Å². The fraction of sp³-hybridized carbons (Fsp3) is 0.381. The monoisotopic (exact) mass is 384 g/mol. The number of aryl methyl sites for hydroxylation is 1. The standard InChI is InChI=1S/C21H22F2N4O/c1-14(13-26-19-4-2-3-15(19)12-25-26)5-6-21(28)27-20(7-8-24-27)16-9-17(22)11-18(23)10-16/h8-12,20H,1-7,13H2. The van der Waals surface area contributed by atoms with Crippen LogP contribution in [0.3, 0.4) is 0 Å². The molecule has 1 amide bonds. The summed E-state index contributed by atoms with van der Waals surface area (Å²) >= 11 is 0. The average molecular weight is 384 g/mol. The minimum atomic E-state index is -0.658. The predicted molar refractivity (Wildman–Crippen MR) is 102 cm³/mol. The largest absolute Gasteiger partial charge is 0.273 e. The zero-order valence-electron chi connectivity index (χ0n) is 15.6. The molecule has 2 aromatic rings. The molecule has 1 unspecified atom stereocenters. The van der Waals surface area contributed by atoms with Gasteiger partial charge in [-0.05, 0) is 48.9 Å². The lowest BCUT2D eigenvalue weighted by atomic mass is 10.0. The van der Waals surface area contributed by atoms with Crippen LogP contribution in [0.1, 0.15) is 48.5 Å². The first kappa shape index (κ1) is 18.5. The fourth-order valence-electron chi connectivity index (χ4n) is 3.92. The van der Waals surface area contributed by atoms with Gasteiger partial charge in [0.25, 0.3) is 0 Å². The maximum absolute atomic E-state index is 13.5. The Morgan fingerprint density at radius 3 is 2.75 bits per heavy atom. The molecule has 7 heteroatoms. The smallest absolute Gasteiger partial charge is 0.243 e. The third-order valence-electron chi connectivity index (χ3n) is 5.32. The summed E-state index contributed by atoms with van der Waals surface area (Å²) in [5.41, 5.74) is 3.90. The molecular formula is C21H22F2N4O. The van der Waals surface area contributed by atoms with Crippen LogP contribution in [0.5, 0.6) is 0 Å². The molecule has 1 aromatic heterocycles. The number of carbonyl (C=O) groups excluding carboxylic acids is 1. The van der Waals surface area contributed by atoms with Crippen LogP contribution in [0, 0.1) is 11.6 Å². The third-order valence-corrected chi connectivity index (χ3v) is 5.32. The van der Waals surface area contributed by atoms with Crippen molar-refractivity contribution in [3.05, 3.63) is 65.0 Å². The molecule has 0 saturated heterocycles. The number of amides is 1. The van der Waals surface area contributed by atoms with Gasteiger partial charge in [0.05, 0.1) is 18.8 Å². The molecular weight excluding hydrogens is 362 g/mol. The highest BCUT2D eigenvalue weighted by molar-refractivity contribution is 5.80. The van der Waals surface area contributed by atoms with Crippen LogP contribution in [0.15, 0.2) is 41.6 Å². The minimum absolute atomic E-state index is 0.185. The zero-order chi connectivity index (χ0) is 19.7. The summed E-state index contributed by atoms with van der Waals surface area (Å²) < 4.78 is 29.0. The van der Waals surface area contributed by atoms with Crippen molar-refractivity contribution < 1.29 is 13.6 Å². The molecule has 0 radical (unpaired) electrons. The Kier molecular flexibility index (Phi) is 5.07. The van der Waals surface area contributed by atoms with Crippen molar-refractivity contribution in [1.29, 1.82) is 0 Å². The molecule has 0 saturated carbocycles. The fourth-order valence-corrected chi connectivity index (χ4v) is 3.92. The van der Waals surface area contributed by atoms with E-state index in [9.17, 15) is 13.6 Å². The van der Waals surface area contributed by atoms with Gasteiger partial charge in [-0.2, -0.15) is 10.2 Å². The molecule has 1 aliphatic heterocycles. The van der Waals surface area contributed by atoms with Crippen molar-refractivity contribution in [3.63, 3.8) is 0 Å². The zero-order valence-corrected chi connectivity index (χ0v) is 15.6. The summed E-state index contributed by atoms with van der Waals surface area (Å²) in [5.74, 6) is -1.50. The lowest BCUT2D eigenvalue weighted by Crippen LogP contribution is -2.27. The lowest BCUT2D eigenvalue weighted by molar-refractivity contribution is -0.133. The number of allylic oxidation sites excluding steroid dienone is 1. The molecule has 2 heterocycles. The molecule has 2 aliphatic rings. The van der Waals surface area contributed by atoms with E-state index in [1.54, 1.807) is 6.21 Å². The number of rotatable bonds is 6. The Morgan fingerprint density at radius 1 is 1.18 bits per heavy atom. The molecule has 0 N–H and O–H groups in total. The summed E-state index contributed by atoms with van der Waals surface area (Å²) in [6, 6.07) is 2.85. The second-order valence-corrected chi connectivity index (χ2v) is 7.37. The van der Waals surface area contributed by atoms with Gasteiger partial charge >= 0.3 is 0 Å². The van der Waals surface area contributed by atoms with E-state index >= 15 is 0 Å². The third kappa shape index (κ3) is 3.74. The quantitative estimate of drug-likeness (QED) is 0.708. The molecule has 28 heavy (non-hydrogen) atoms. The molecule has 0 fully saturated rings. The number of benzene rings is 1. The number of hydrazone groups is 1. The maximum Gasteiger partial charge on any atom is 0.243 e. The molecule has 0 spiro atoms. The molecule has 1 atom stereocenters. The van der Waals surface area contributed by atoms with Crippen molar-refractivity contribution in [2.24, 2.45) is 5.10 Å².